The van der Waals surface area contributed by atoms with Gasteiger partial charge in [0, 0.05) is 0 Å². The fourth-order valence-electron chi connectivity index (χ4n) is 0. The van der Waals surface area contributed by atoms with Crippen molar-refractivity contribution in [1.82, 2.24) is 0 Å². The zero-order valence-corrected chi connectivity index (χ0v) is 8.68. The van der Waals surface area contributed by atoms with Crippen molar-refractivity contribution in [3.63, 3.8) is 0 Å². The van der Waals surface area contributed by atoms with Crippen molar-refractivity contribution in [1.29, 1.82) is 0 Å². The monoisotopic (exact) mass is 190 g/mol. The molecule has 0 fully saturated rings. The van der Waals surface area contributed by atoms with Crippen LogP contribution in [0.2, 0.25) is 0 Å². The van der Waals surface area contributed by atoms with E-state index in [1.54, 1.807) is 0 Å². The largest absolute Gasteiger partial charge is 1.00 e. The van der Waals surface area contributed by atoms with Crippen LogP contribution in [0.3, 0.4) is 0 Å². The maximum atomic E-state index is 11.0. The fraction of sp³-hybridized carbons (Fsp3) is 1.00. The Hall–Kier alpha value is 2.07. The van der Waals surface area contributed by atoms with Gasteiger partial charge in [0.1, 0.15) is 0 Å². The molecular weight excluding hydrogens is 190 g/mol. The molecule has 0 rings (SSSR count). The van der Waals surface area contributed by atoms with Crippen LogP contribution in [0.5, 0.6) is 0 Å². The molecule has 0 nitrogen and oxygen atoms in total. The number of alkyl halides is 2. The molecular formula is CHBCl2F3K. The number of hydrogen-bond donors (Lipinski definition) is 0. The molecule has 0 bridgehead atoms. The molecule has 0 aromatic heterocycles. The van der Waals surface area contributed by atoms with Crippen molar-refractivity contribution in [3.8, 4) is 0 Å². The summed E-state index contributed by atoms with van der Waals surface area (Å²) in [6.07, 6.45) is 0. The molecule has 0 radical (unpaired) electrons. The second kappa shape index (κ2) is 4.82. The molecule has 0 spiro atoms. The average Bonchev–Trinajstić information content (AvgIpc) is 1.31. The fourth-order valence-corrected chi connectivity index (χ4v) is 0. The summed E-state index contributed by atoms with van der Waals surface area (Å²) in [6.45, 7) is -5.02. The third-order valence-electron chi connectivity index (χ3n) is 0.286. The smallest absolute Gasteiger partial charge is 0.447 e. The Bertz CT molecular complexity index is 62.8. The Balaban J connectivity index is 0. The standard InChI is InChI=1S/CHBCl2F3.K/c3-1(4)2(5,6)7;/h1H;/q-1;+1. The van der Waals surface area contributed by atoms with Gasteiger partial charge in [-0.1, -0.05) is 0 Å². The normalized spacial score (nSPS) is 11.2. The van der Waals surface area contributed by atoms with Gasteiger partial charge in [-0.2, -0.15) is 0 Å². The minimum absolute atomic E-state index is 0. The van der Waals surface area contributed by atoms with Crippen LogP contribution in [0.4, 0.5) is 12.9 Å². The first-order valence-electron chi connectivity index (χ1n) is 1.42. The van der Waals surface area contributed by atoms with E-state index in [0.717, 1.165) is 0 Å². The Morgan fingerprint density at radius 3 is 1.25 bits per heavy atom. The molecule has 0 aliphatic heterocycles. The van der Waals surface area contributed by atoms with Gasteiger partial charge in [0.05, 0.1) is 4.74 Å². The van der Waals surface area contributed by atoms with Crippen molar-refractivity contribution < 1.29 is 64.3 Å². The van der Waals surface area contributed by atoms with Gasteiger partial charge >= 0.3 is 58.4 Å². The zero-order chi connectivity index (χ0) is 6.08. The van der Waals surface area contributed by atoms with E-state index in [9.17, 15) is 12.9 Å². The van der Waals surface area contributed by atoms with Crippen LogP contribution in [-0.4, -0.2) is 11.7 Å². The summed E-state index contributed by atoms with van der Waals surface area (Å²) in [5, 5.41) is 0. The van der Waals surface area contributed by atoms with Gasteiger partial charge in [-0.05, 0) is 0 Å². The molecule has 0 aromatic rings. The molecule has 0 N–H and O–H groups in total. The Morgan fingerprint density at radius 1 is 1.12 bits per heavy atom. The van der Waals surface area contributed by atoms with Gasteiger partial charge in [0.2, 0.25) is 0 Å². The number of hydrogen-bond acceptors (Lipinski definition) is 0. The Kier molecular flexibility index (Phi) is 7.67. The first-order valence-corrected chi connectivity index (χ1v) is 2.30. The van der Waals surface area contributed by atoms with Gasteiger partial charge in [0.15, 0.2) is 0 Å². The van der Waals surface area contributed by atoms with E-state index < -0.39 is 11.7 Å². The van der Waals surface area contributed by atoms with E-state index >= 15 is 0 Å². The molecule has 0 saturated carbocycles. The number of rotatable bonds is 1. The maximum Gasteiger partial charge on any atom is 1.00 e. The summed E-state index contributed by atoms with van der Waals surface area (Å²) in [4.78, 5) is 0. The quantitative estimate of drug-likeness (QED) is 0.375. The summed E-state index contributed by atoms with van der Waals surface area (Å²) in [5.41, 5.74) is 0. The van der Waals surface area contributed by atoms with Crippen LogP contribution in [0.15, 0.2) is 0 Å². The van der Waals surface area contributed by atoms with E-state index in [4.69, 9.17) is 0 Å². The van der Waals surface area contributed by atoms with Crippen LogP contribution in [0.1, 0.15) is 0 Å². The molecule has 0 saturated heterocycles. The summed E-state index contributed by atoms with van der Waals surface area (Å²) in [7, 11) is 0. The Morgan fingerprint density at radius 2 is 1.25 bits per heavy atom. The van der Waals surface area contributed by atoms with Crippen LogP contribution < -0.4 is 51.4 Å². The van der Waals surface area contributed by atoms with Crippen LogP contribution >= 0.6 is 23.2 Å². The van der Waals surface area contributed by atoms with Gasteiger partial charge in [-0.15, -0.1) is 23.2 Å². The summed E-state index contributed by atoms with van der Waals surface area (Å²) < 4.78 is 30.7. The second-order valence-electron chi connectivity index (χ2n) is 0.960. The van der Waals surface area contributed by atoms with Crippen molar-refractivity contribution in [2.24, 2.45) is 0 Å². The van der Waals surface area contributed by atoms with Gasteiger partial charge < -0.3 is 12.9 Å². The minimum atomic E-state index is -5.02. The molecule has 0 atom stereocenters. The third kappa shape index (κ3) is 6.20. The predicted octanol–water partition coefficient (Wildman–Crippen LogP) is -0.819. The third-order valence-corrected chi connectivity index (χ3v) is 0.857. The molecule has 0 aliphatic carbocycles. The zero-order valence-electron chi connectivity index (χ0n) is 4.04. The van der Waals surface area contributed by atoms with Crippen molar-refractivity contribution in [2.45, 2.75) is 4.74 Å². The van der Waals surface area contributed by atoms with E-state index in [2.05, 4.69) is 23.2 Å². The molecule has 7 heteroatoms. The SMILES string of the molecule is F[B-](F)(F)C(Cl)Cl.[K+]. The van der Waals surface area contributed by atoms with Crippen LogP contribution in [0, 0.1) is 0 Å². The maximum absolute atomic E-state index is 11.0. The topological polar surface area (TPSA) is 0 Å². The van der Waals surface area contributed by atoms with Gasteiger partial charge in [-0.3, -0.25) is 0 Å². The van der Waals surface area contributed by atoms with E-state index in [-0.39, 0.29) is 51.4 Å². The van der Waals surface area contributed by atoms with Crippen molar-refractivity contribution in [2.75, 3.05) is 0 Å². The summed E-state index contributed by atoms with van der Waals surface area (Å²) in [5.74, 6) is 0. The molecule has 44 valence electrons. The molecule has 0 aromatic carbocycles. The molecule has 0 heterocycles. The number of halogens is 5. The van der Waals surface area contributed by atoms with Gasteiger partial charge in [0.25, 0.3) is 0 Å². The second-order valence-corrected chi connectivity index (χ2v) is 2.12. The molecule has 0 unspecified atom stereocenters. The van der Waals surface area contributed by atoms with Crippen molar-refractivity contribution in [3.05, 3.63) is 0 Å². The van der Waals surface area contributed by atoms with Crippen LogP contribution in [-0.2, 0) is 0 Å². The first kappa shape index (κ1) is 12.7. The van der Waals surface area contributed by atoms with E-state index in [0.29, 0.717) is 0 Å². The van der Waals surface area contributed by atoms with E-state index in [1.807, 2.05) is 0 Å². The Labute approximate surface area is 97.6 Å². The van der Waals surface area contributed by atoms with E-state index in [1.165, 1.54) is 0 Å². The molecule has 0 amide bonds. The summed E-state index contributed by atoms with van der Waals surface area (Å²) in [6, 6.07) is 0. The first-order chi connectivity index (χ1) is 2.94. The van der Waals surface area contributed by atoms with Crippen molar-refractivity contribution >= 4 is 30.2 Å². The predicted molar refractivity (Wildman–Crippen MR) is 24.6 cm³/mol. The van der Waals surface area contributed by atoms with Crippen LogP contribution in [0.25, 0.3) is 0 Å². The average molecular weight is 191 g/mol. The molecule has 8 heavy (non-hydrogen) atoms. The summed E-state index contributed by atoms with van der Waals surface area (Å²) >= 11 is 8.84. The minimum Gasteiger partial charge on any atom is -0.447 e. The van der Waals surface area contributed by atoms with Gasteiger partial charge in [-0.25, -0.2) is 0 Å². The molecule has 0 aliphatic rings.